The monoisotopic (exact) mass is 539 g/mol. The Morgan fingerprint density at radius 1 is 0.553 bits per heavy atom. The molecule has 0 saturated carbocycles. The number of hydrogen-bond acceptors (Lipinski definition) is 4. The van der Waals surface area contributed by atoms with E-state index in [0.29, 0.717) is 6.54 Å². The fourth-order valence-electron chi connectivity index (χ4n) is 5.07. The Kier molecular flexibility index (Phi) is 24.1. The van der Waals surface area contributed by atoms with Crippen LogP contribution < -0.4 is 5.11 Å². The van der Waals surface area contributed by atoms with Crippen LogP contribution in [0.5, 0.6) is 0 Å². The number of rotatable bonds is 29. The van der Waals surface area contributed by atoms with Crippen LogP contribution in [0.4, 0.5) is 0 Å². The minimum absolute atomic E-state index is 0.0943. The lowest BCUT2D eigenvalue weighted by Crippen LogP contribution is -2.53. The standard InChI is InChI=1S/C31H57NO6/c1-2-3-4-5-6-7-8-9-10-11-12-13-14-15-16-17-18-19-20-21-25-32(26-22-29(33)34,27-23-30(35)36)28-24-31(37)38/h7-8H,2-6,9-28H2,1H3,(H2-,33,34,35,36,37,38)/b8-7+. The van der Waals surface area contributed by atoms with Gasteiger partial charge in [-0.15, -0.1) is 0 Å². The van der Waals surface area contributed by atoms with Crippen molar-refractivity contribution in [2.75, 3.05) is 26.2 Å². The molecular formula is C31H57NO6. The number of quaternary nitrogens is 1. The Balaban J connectivity index is 3.90. The third kappa shape index (κ3) is 24.4. The van der Waals surface area contributed by atoms with Gasteiger partial charge in [-0.25, -0.2) is 0 Å². The first-order valence-corrected chi connectivity index (χ1v) is 15.4. The highest BCUT2D eigenvalue weighted by Gasteiger charge is 2.28. The van der Waals surface area contributed by atoms with Crippen LogP contribution in [0.15, 0.2) is 12.2 Å². The maximum atomic E-state index is 11.1. The molecule has 0 aliphatic heterocycles. The van der Waals surface area contributed by atoms with E-state index in [9.17, 15) is 19.5 Å². The smallest absolute Gasteiger partial charge is 0.309 e. The minimum Gasteiger partial charge on any atom is -0.550 e. The molecule has 0 bridgehead atoms. The number of hydrogen-bond donors (Lipinski definition) is 2. The van der Waals surface area contributed by atoms with Crippen molar-refractivity contribution in [1.29, 1.82) is 0 Å². The number of aliphatic carboxylic acids is 3. The van der Waals surface area contributed by atoms with Gasteiger partial charge in [-0.2, -0.15) is 0 Å². The van der Waals surface area contributed by atoms with E-state index in [4.69, 9.17) is 10.2 Å². The Morgan fingerprint density at radius 2 is 0.921 bits per heavy atom. The molecule has 0 radical (unpaired) electrons. The summed E-state index contributed by atoms with van der Waals surface area (Å²) in [7, 11) is 0. The average molecular weight is 540 g/mol. The molecule has 0 saturated heterocycles. The van der Waals surface area contributed by atoms with Crippen molar-refractivity contribution in [3.05, 3.63) is 12.2 Å². The van der Waals surface area contributed by atoms with Crippen molar-refractivity contribution in [2.24, 2.45) is 0 Å². The van der Waals surface area contributed by atoms with E-state index < -0.39 is 17.9 Å². The lowest BCUT2D eigenvalue weighted by molar-refractivity contribution is -0.927. The molecule has 0 aromatic heterocycles. The number of carbonyl (C=O) groups excluding carboxylic acids is 1. The molecule has 7 nitrogen and oxygen atoms in total. The Labute approximate surface area is 232 Å². The van der Waals surface area contributed by atoms with Gasteiger partial charge < -0.3 is 24.6 Å². The zero-order valence-electron chi connectivity index (χ0n) is 24.3. The SMILES string of the molecule is CCCCCC/C=C/CCCCCCCCCCCCCC[N+](CCC(=O)[O-])(CCC(=O)O)CCC(=O)O. The molecule has 0 aliphatic carbocycles. The third-order valence-electron chi connectivity index (χ3n) is 7.53. The number of nitrogens with zero attached hydrogens (tertiary/aromatic N) is 1. The number of allylic oxidation sites excluding steroid dienone is 2. The summed E-state index contributed by atoms with van der Waals surface area (Å²) < 4.78 is 0.224. The Bertz CT molecular complexity index is 588. The Hall–Kier alpha value is -1.89. The van der Waals surface area contributed by atoms with E-state index in [0.717, 1.165) is 19.3 Å². The number of carbonyl (C=O) groups is 3. The average Bonchev–Trinajstić information content (AvgIpc) is 2.88. The maximum Gasteiger partial charge on any atom is 0.309 e. The van der Waals surface area contributed by atoms with E-state index in [1.807, 2.05) is 0 Å². The van der Waals surface area contributed by atoms with Gasteiger partial charge in [0.05, 0.1) is 39.0 Å². The van der Waals surface area contributed by atoms with Gasteiger partial charge in [0.15, 0.2) is 0 Å². The molecule has 0 amide bonds. The van der Waals surface area contributed by atoms with Gasteiger partial charge >= 0.3 is 11.9 Å². The summed E-state index contributed by atoms with van der Waals surface area (Å²) in [4.78, 5) is 33.3. The molecular weight excluding hydrogens is 482 g/mol. The molecule has 0 heterocycles. The molecule has 0 spiro atoms. The zero-order valence-corrected chi connectivity index (χ0v) is 24.3. The van der Waals surface area contributed by atoms with Gasteiger partial charge in [-0.1, -0.05) is 96.1 Å². The van der Waals surface area contributed by atoms with Crippen LogP contribution in [0.3, 0.4) is 0 Å². The fourth-order valence-corrected chi connectivity index (χ4v) is 5.07. The summed E-state index contributed by atoms with van der Waals surface area (Å²) in [5.74, 6) is -3.08. The molecule has 0 rings (SSSR count). The zero-order chi connectivity index (χ0) is 28.3. The summed E-state index contributed by atoms with van der Waals surface area (Å²) in [6.45, 7) is 3.60. The molecule has 0 fully saturated rings. The van der Waals surface area contributed by atoms with Gasteiger partial charge in [0.1, 0.15) is 0 Å². The van der Waals surface area contributed by atoms with Crippen molar-refractivity contribution in [2.45, 2.75) is 142 Å². The quantitative estimate of drug-likeness (QED) is 0.0638. The van der Waals surface area contributed by atoms with Gasteiger partial charge in [-0.05, 0) is 38.5 Å². The fraction of sp³-hybridized carbons (Fsp3) is 0.839. The molecule has 0 aliphatic rings. The first kappa shape index (κ1) is 36.1. The summed E-state index contributed by atoms with van der Waals surface area (Å²) in [5, 5.41) is 29.3. The van der Waals surface area contributed by atoms with Crippen molar-refractivity contribution < 1.29 is 34.2 Å². The first-order chi connectivity index (χ1) is 18.3. The minimum atomic E-state index is -1.18. The summed E-state index contributed by atoms with van der Waals surface area (Å²) in [5.41, 5.74) is 0. The molecule has 38 heavy (non-hydrogen) atoms. The van der Waals surface area contributed by atoms with E-state index >= 15 is 0 Å². The topological polar surface area (TPSA) is 115 Å². The predicted octanol–water partition coefficient (Wildman–Crippen LogP) is 6.49. The highest BCUT2D eigenvalue weighted by atomic mass is 16.4. The third-order valence-corrected chi connectivity index (χ3v) is 7.53. The lowest BCUT2D eigenvalue weighted by Gasteiger charge is -2.38. The lowest BCUT2D eigenvalue weighted by atomic mass is 10.0. The molecule has 7 heteroatoms. The van der Waals surface area contributed by atoms with Crippen LogP contribution in [0.1, 0.15) is 142 Å². The van der Waals surface area contributed by atoms with Crippen LogP contribution in [0, 0.1) is 0 Å². The van der Waals surface area contributed by atoms with E-state index in [-0.39, 0.29) is 43.4 Å². The highest BCUT2D eigenvalue weighted by molar-refractivity contribution is 5.67. The van der Waals surface area contributed by atoms with Gasteiger partial charge in [-0.3, -0.25) is 9.59 Å². The van der Waals surface area contributed by atoms with Crippen molar-refractivity contribution in [3.63, 3.8) is 0 Å². The van der Waals surface area contributed by atoms with Crippen molar-refractivity contribution in [1.82, 2.24) is 0 Å². The van der Waals surface area contributed by atoms with Crippen molar-refractivity contribution in [3.8, 4) is 0 Å². The first-order valence-electron chi connectivity index (χ1n) is 15.4. The van der Waals surface area contributed by atoms with E-state index in [2.05, 4.69) is 19.1 Å². The maximum absolute atomic E-state index is 11.1. The normalized spacial score (nSPS) is 11.8. The van der Waals surface area contributed by atoms with Crippen LogP contribution in [0.2, 0.25) is 0 Å². The summed E-state index contributed by atoms with van der Waals surface area (Å²) in [6, 6.07) is 0. The second kappa shape index (κ2) is 25.4. The highest BCUT2D eigenvalue weighted by Crippen LogP contribution is 2.17. The summed E-state index contributed by atoms with van der Waals surface area (Å²) >= 11 is 0. The molecule has 0 aromatic carbocycles. The second-order valence-electron chi connectivity index (χ2n) is 11.0. The molecule has 222 valence electrons. The van der Waals surface area contributed by atoms with Crippen molar-refractivity contribution >= 4 is 17.9 Å². The van der Waals surface area contributed by atoms with Crippen LogP contribution in [-0.4, -0.2) is 58.8 Å². The van der Waals surface area contributed by atoms with Crippen LogP contribution >= 0.6 is 0 Å². The Morgan fingerprint density at radius 3 is 1.32 bits per heavy atom. The summed E-state index contributed by atoms with van der Waals surface area (Å²) in [6.07, 6.45) is 26.7. The number of carboxylic acids is 3. The van der Waals surface area contributed by atoms with E-state index in [1.54, 1.807) is 0 Å². The van der Waals surface area contributed by atoms with Gasteiger partial charge in [0.2, 0.25) is 0 Å². The number of unbranched alkanes of at least 4 members (excludes halogenated alkanes) is 16. The van der Waals surface area contributed by atoms with Crippen LogP contribution in [-0.2, 0) is 14.4 Å². The largest absolute Gasteiger partial charge is 0.550 e. The van der Waals surface area contributed by atoms with E-state index in [1.165, 1.54) is 96.3 Å². The number of carboxylic acid groups (broad SMARTS) is 3. The molecule has 0 aromatic rings. The van der Waals surface area contributed by atoms with Gasteiger partial charge in [0, 0.05) is 12.4 Å². The molecule has 0 atom stereocenters. The molecule has 0 unspecified atom stereocenters. The van der Waals surface area contributed by atoms with Crippen LogP contribution in [0.25, 0.3) is 0 Å². The van der Waals surface area contributed by atoms with Gasteiger partial charge in [0.25, 0.3) is 0 Å². The molecule has 2 N–H and O–H groups in total. The predicted molar refractivity (Wildman–Crippen MR) is 152 cm³/mol. The second-order valence-corrected chi connectivity index (χ2v) is 11.0.